The Morgan fingerprint density at radius 3 is 2.32 bits per heavy atom. The van der Waals surface area contributed by atoms with E-state index in [9.17, 15) is 22.7 Å². The molecule has 5 nitrogen and oxygen atoms in total. The summed E-state index contributed by atoms with van der Waals surface area (Å²) < 4.78 is 39.6. The number of rotatable bonds is 5. The Morgan fingerprint density at radius 2 is 1.77 bits per heavy atom. The van der Waals surface area contributed by atoms with Gasteiger partial charge in [0.05, 0.1) is 10.6 Å². The first-order valence-corrected chi connectivity index (χ1v) is 7.86. The topological polar surface area (TPSA) is 74.7 Å². The fourth-order valence-corrected chi connectivity index (χ4v) is 3.62. The van der Waals surface area contributed by atoms with E-state index in [0.29, 0.717) is 4.31 Å². The minimum atomic E-state index is -4.13. The van der Waals surface area contributed by atoms with Crippen molar-refractivity contribution in [2.45, 2.75) is 17.9 Å². The summed E-state index contributed by atoms with van der Waals surface area (Å²) in [6.45, 7) is 1.23. The molecule has 0 aliphatic rings. The Bertz CT molecular complexity index is 777. The maximum atomic E-state index is 13.4. The van der Waals surface area contributed by atoms with Crippen LogP contribution in [0.3, 0.4) is 0 Å². The number of nitrogens with zero attached hydrogens (tertiary/aromatic N) is 1. The summed E-state index contributed by atoms with van der Waals surface area (Å²) in [5.41, 5.74) is -0.0428. The van der Waals surface area contributed by atoms with Crippen LogP contribution < -0.4 is 4.31 Å². The maximum Gasteiger partial charge on any atom is 0.327 e. The third kappa shape index (κ3) is 3.09. The van der Waals surface area contributed by atoms with Gasteiger partial charge in [0.15, 0.2) is 0 Å². The molecule has 1 unspecified atom stereocenters. The zero-order chi connectivity index (χ0) is 16.3. The summed E-state index contributed by atoms with van der Waals surface area (Å²) in [5.74, 6) is -1.98. The van der Waals surface area contributed by atoms with Gasteiger partial charge in [0.25, 0.3) is 10.0 Å². The average Bonchev–Trinajstić information content (AvgIpc) is 2.48. The van der Waals surface area contributed by atoms with Crippen molar-refractivity contribution in [1.29, 1.82) is 0 Å². The van der Waals surface area contributed by atoms with E-state index in [-0.39, 0.29) is 10.6 Å². The van der Waals surface area contributed by atoms with Crippen LogP contribution in [0.15, 0.2) is 59.5 Å². The molecule has 0 aromatic heterocycles. The van der Waals surface area contributed by atoms with Crippen molar-refractivity contribution >= 4 is 21.7 Å². The minimum Gasteiger partial charge on any atom is -0.480 e. The first-order chi connectivity index (χ1) is 10.3. The molecule has 22 heavy (non-hydrogen) atoms. The lowest BCUT2D eigenvalue weighted by atomic mass is 10.2. The van der Waals surface area contributed by atoms with Crippen LogP contribution in [0.2, 0.25) is 0 Å². The Morgan fingerprint density at radius 1 is 1.14 bits per heavy atom. The smallest absolute Gasteiger partial charge is 0.327 e. The van der Waals surface area contributed by atoms with Crippen LogP contribution in [0, 0.1) is 5.82 Å². The highest BCUT2D eigenvalue weighted by Crippen LogP contribution is 2.26. The van der Waals surface area contributed by atoms with Gasteiger partial charge in [-0.1, -0.05) is 24.3 Å². The molecule has 0 aliphatic heterocycles. The molecule has 0 heterocycles. The van der Waals surface area contributed by atoms with E-state index in [0.717, 1.165) is 12.1 Å². The summed E-state index contributed by atoms with van der Waals surface area (Å²) in [4.78, 5) is 11.2. The van der Waals surface area contributed by atoms with Crippen LogP contribution in [-0.2, 0) is 14.8 Å². The van der Waals surface area contributed by atoms with Gasteiger partial charge < -0.3 is 5.11 Å². The number of aliphatic carboxylic acids is 1. The summed E-state index contributed by atoms with van der Waals surface area (Å²) >= 11 is 0. The molecule has 0 spiro atoms. The van der Waals surface area contributed by atoms with Gasteiger partial charge in [-0.05, 0) is 37.3 Å². The molecule has 2 aromatic carbocycles. The van der Waals surface area contributed by atoms with Gasteiger partial charge in [-0.3, -0.25) is 4.31 Å². The van der Waals surface area contributed by atoms with E-state index in [2.05, 4.69) is 0 Å². The van der Waals surface area contributed by atoms with Crippen molar-refractivity contribution in [2.75, 3.05) is 4.31 Å². The molecule has 116 valence electrons. The molecule has 0 saturated carbocycles. The third-order valence-electron chi connectivity index (χ3n) is 3.07. The molecular formula is C15H14FNO4S. The number of sulfonamides is 1. The van der Waals surface area contributed by atoms with Crippen LogP contribution in [0.5, 0.6) is 0 Å². The van der Waals surface area contributed by atoms with E-state index < -0.39 is 27.9 Å². The van der Waals surface area contributed by atoms with Gasteiger partial charge in [0, 0.05) is 0 Å². The Hall–Kier alpha value is -2.41. The zero-order valence-electron chi connectivity index (χ0n) is 11.7. The minimum absolute atomic E-state index is 0.0428. The molecule has 0 aliphatic carbocycles. The fourth-order valence-electron chi connectivity index (χ4n) is 1.99. The number of carboxylic acids is 1. The van der Waals surface area contributed by atoms with E-state index >= 15 is 0 Å². The highest BCUT2D eigenvalue weighted by atomic mass is 32.2. The molecule has 1 N–H and O–H groups in total. The van der Waals surface area contributed by atoms with Crippen molar-refractivity contribution in [3.05, 3.63) is 60.4 Å². The molecule has 0 radical (unpaired) electrons. The van der Waals surface area contributed by atoms with Crippen molar-refractivity contribution in [3.63, 3.8) is 0 Å². The maximum absolute atomic E-state index is 13.4. The van der Waals surface area contributed by atoms with Gasteiger partial charge in [0.1, 0.15) is 11.9 Å². The van der Waals surface area contributed by atoms with Crippen LogP contribution in [0.25, 0.3) is 0 Å². The summed E-state index contributed by atoms with van der Waals surface area (Å²) in [6, 6.07) is 10.9. The molecule has 2 rings (SSSR count). The monoisotopic (exact) mass is 323 g/mol. The van der Waals surface area contributed by atoms with E-state index in [4.69, 9.17) is 0 Å². The normalized spacial score (nSPS) is 12.6. The number of benzene rings is 2. The largest absolute Gasteiger partial charge is 0.480 e. The number of halogens is 1. The van der Waals surface area contributed by atoms with Crippen LogP contribution in [0.4, 0.5) is 10.1 Å². The van der Waals surface area contributed by atoms with Gasteiger partial charge in [-0.2, -0.15) is 0 Å². The van der Waals surface area contributed by atoms with Crippen molar-refractivity contribution in [1.82, 2.24) is 0 Å². The SMILES string of the molecule is CC(C(=O)O)N(c1cccc(F)c1)S(=O)(=O)c1ccccc1. The number of hydrogen-bond donors (Lipinski definition) is 1. The number of anilines is 1. The second kappa shape index (κ2) is 6.15. The Balaban J connectivity index is 2.62. The highest BCUT2D eigenvalue weighted by Gasteiger charge is 2.33. The predicted molar refractivity (Wildman–Crippen MR) is 79.6 cm³/mol. The van der Waals surface area contributed by atoms with Crippen molar-refractivity contribution in [2.24, 2.45) is 0 Å². The van der Waals surface area contributed by atoms with Gasteiger partial charge in [-0.25, -0.2) is 17.6 Å². The fraction of sp³-hybridized carbons (Fsp3) is 0.133. The van der Waals surface area contributed by atoms with E-state index in [1.807, 2.05) is 0 Å². The molecule has 2 aromatic rings. The molecule has 1 atom stereocenters. The van der Waals surface area contributed by atoms with Gasteiger partial charge in [-0.15, -0.1) is 0 Å². The quantitative estimate of drug-likeness (QED) is 0.917. The molecule has 0 amide bonds. The zero-order valence-corrected chi connectivity index (χ0v) is 12.5. The summed E-state index contributed by atoms with van der Waals surface area (Å²) in [7, 11) is -4.13. The Kier molecular flexibility index (Phi) is 4.46. The molecule has 0 fully saturated rings. The third-order valence-corrected chi connectivity index (χ3v) is 4.98. The standard InChI is InChI=1S/C15H14FNO4S/c1-11(15(18)19)17(13-7-5-6-12(16)10-13)22(20,21)14-8-3-2-4-9-14/h2-11H,1H3,(H,18,19). The highest BCUT2D eigenvalue weighted by molar-refractivity contribution is 7.92. The lowest BCUT2D eigenvalue weighted by Crippen LogP contribution is -2.43. The van der Waals surface area contributed by atoms with Crippen LogP contribution >= 0.6 is 0 Å². The first kappa shape index (κ1) is 16.0. The molecule has 0 bridgehead atoms. The lowest BCUT2D eigenvalue weighted by Gasteiger charge is -2.28. The van der Waals surface area contributed by atoms with E-state index in [1.165, 1.54) is 43.3 Å². The Labute approximate surface area is 127 Å². The number of carboxylic acid groups (broad SMARTS) is 1. The van der Waals surface area contributed by atoms with Crippen molar-refractivity contribution in [3.8, 4) is 0 Å². The second-order valence-electron chi connectivity index (χ2n) is 4.61. The first-order valence-electron chi connectivity index (χ1n) is 6.42. The van der Waals surface area contributed by atoms with Gasteiger partial charge in [0.2, 0.25) is 0 Å². The summed E-state index contributed by atoms with van der Waals surface area (Å²) in [6.07, 6.45) is 0. The molecular weight excluding hydrogens is 309 g/mol. The molecule has 7 heteroatoms. The summed E-state index contributed by atoms with van der Waals surface area (Å²) in [5, 5.41) is 9.19. The molecule has 0 saturated heterocycles. The van der Waals surface area contributed by atoms with E-state index in [1.54, 1.807) is 6.07 Å². The van der Waals surface area contributed by atoms with Crippen molar-refractivity contribution < 1.29 is 22.7 Å². The van der Waals surface area contributed by atoms with Crippen LogP contribution in [-0.4, -0.2) is 25.5 Å². The average molecular weight is 323 g/mol. The second-order valence-corrected chi connectivity index (χ2v) is 6.42. The lowest BCUT2D eigenvalue weighted by molar-refractivity contribution is -0.137. The predicted octanol–water partition coefficient (Wildman–Crippen LogP) is 2.49. The number of carbonyl (C=O) groups is 1. The number of hydrogen-bond acceptors (Lipinski definition) is 3. The van der Waals surface area contributed by atoms with Crippen LogP contribution in [0.1, 0.15) is 6.92 Å². The van der Waals surface area contributed by atoms with Gasteiger partial charge >= 0.3 is 5.97 Å².